The van der Waals surface area contributed by atoms with Crippen LogP contribution >= 0.6 is 0 Å². The van der Waals surface area contributed by atoms with Crippen molar-refractivity contribution < 1.29 is 23.1 Å². The largest absolute Gasteiger partial charge is 0.378 e. The topological polar surface area (TPSA) is 97.7 Å². The van der Waals surface area contributed by atoms with Crippen molar-refractivity contribution in [3.8, 4) is 6.07 Å². The van der Waals surface area contributed by atoms with Crippen molar-refractivity contribution in [3.05, 3.63) is 24.0 Å². The van der Waals surface area contributed by atoms with Crippen LogP contribution in [0.3, 0.4) is 0 Å². The van der Waals surface area contributed by atoms with Crippen LogP contribution in [0.1, 0.15) is 44.9 Å². The number of fused-ring (bicyclic) bond motifs is 3. The van der Waals surface area contributed by atoms with Gasteiger partial charge in [-0.1, -0.05) is 0 Å². The number of halogens is 2. The van der Waals surface area contributed by atoms with E-state index in [0.29, 0.717) is 56.9 Å². The molecule has 2 amide bonds. The predicted molar refractivity (Wildman–Crippen MR) is 130 cm³/mol. The molecular weight excluding hydrogens is 468 g/mol. The molecule has 1 aromatic rings. The molecule has 0 spiro atoms. The summed E-state index contributed by atoms with van der Waals surface area (Å²) in [6.07, 6.45) is 3.25. The number of likely N-dealkylation sites (tertiary alicyclic amines) is 1. The van der Waals surface area contributed by atoms with Crippen LogP contribution in [0.15, 0.2) is 18.2 Å². The quantitative estimate of drug-likeness (QED) is 0.622. The summed E-state index contributed by atoms with van der Waals surface area (Å²) < 4.78 is 33.8. The van der Waals surface area contributed by atoms with Crippen LogP contribution in [0.5, 0.6) is 0 Å². The first-order valence-corrected chi connectivity index (χ1v) is 12.9. The fraction of sp³-hybridized carbons (Fsp3) is 0.654. The number of nitrogens with zero attached hydrogens (tertiary/aromatic N) is 3. The first-order chi connectivity index (χ1) is 17.3. The zero-order valence-corrected chi connectivity index (χ0v) is 20.4. The number of benzene rings is 1. The number of anilines is 2. The van der Waals surface area contributed by atoms with Gasteiger partial charge >= 0.3 is 0 Å². The Bertz CT molecular complexity index is 1030. The molecule has 5 fully saturated rings. The Balaban J connectivity index is 1.15. The Labute approximate surface area is 209 Å². The van der Waals surface area contributed by atoms with E-state index < -0.39 is 17.6 Å². The van der Waals surface area contributed by atoms with Crippen molar-refractivity contribution in [1.29, 1.82) is 5.26 Å². The number of carbonyl (C=O) groups is 2. The van der Waals surface area contributed by atoms with Gasteiger partial charge in [0.2, 0.25) is 11.8 Å². The summed E-state index contributed by atoms with van der Waals surface area (Å²) in [4.78, 5) is 29.2. The van der Waals surface area contributed by atoms with E-state index >= 15 is 0 Å². The highest BCUT2D eigenvalue weighted by molar-refractivity contribution is 5.95. The third kappa shape index (κ3) is 4.78. The van der Waals surface area contributed by atoms with Gasteiger partial charge in [-0.15, -0.1) is 0 Å². The number of nitrogens with one attached hydrogen (secondary N) is 2. The van der Waals surface area contributed by atoms with Gasteiger partial charge in [0.15, 0.2) is 0 Å². The third-order valence-electron chi connectivity index (χ3n) is 8.62. The van der Waals surface area contributed by atoms with Crippen LogP contribution in [-0.4, -0.2) is 73.9 Å². The smallest absolute Gasteiger partial charge is 0.237 e. The van der Waals surface area contributed by atoms with Gasteiger partial charge in [0.1, 0.15) is 18.0 Å². The lowest BCUT2D eigenvalue weighted by atomic mass is 9.57. The fourth-order valence-corrected chi connectivity index (χ4v) is 6.25. The zero-order valence-electron chi connectivity index (χ0n) is 20.4. The second-order valence-corrected chi connectivity index (χ2v) is 10.7. The van der Waals surface area contributed by atoms with E-state index in [-0.39, 0.29) is 42.7 Å². The summed E-state index contributed by atoms with van der Waals surface area (Å²) in [5, 5.41) is 15.5. The van der Waals surface area contributed by atoms with Crippen LogP contribution in [0.4, 0.5) is 20.2 Å². The van der Waals surface area contributed by atoms with E-state index in [1.807, 2.05) is 11.0 Å². The first-order valence-electron chi connectivity index (χ1n) is 12.9. The molecule has 0 radical (unpaired) electrons. The Kier molecular flexibility index (Phi) is 6.88. The lowest BCUT2D eigenvalue weighted by molar-refractivity contribution is -0.135. The molecule has 3 saturated carbocycles. The highest BCUT2D eigenvalue weighted by Gasteiger charge is 2.52. The van der Waals surface area contributed by atoms with Gasteiger partial charge < -0.3 is 25.2 Å². The summed E-state index contributed by atoms with van der Waals surface area (Å²) in [5.41, 5.74) is 0.265. The van der Waals surface area contributed by atoms with Gasteiger partial charge in [-0.3, -0.25) is 9.59 Å². The average molecular weight is 502 g/mol. The Morgan fingerprint density at radius 2 is 1.83 bits per heavy atom. The molecule has 2 bridgehead atoms. The van der Waals surface area contributed by atoms with Gasteiger partial charge in [0.05, 0.1) is 38.1 Å². The van der Waals surface area contributed by atoms with Gasteiger partial charge in [0, 0.05) is 36.2 Å². The third-order valence-corrected chi connectivity index (χ3v) is 8.62. The monoisotopic (exact) mass is 501 g/mol. The molecule has 2 unspecified atom stereocenters. The van der Waals surface area contributed by atoms with E-state index in [9.17, 15) is 23.6 Å². The maximum absolute atomic E-state index is 14.8. The standard InChI is InChI=1S/C26H33F2N5O3/c27-18-13-20(15-29)33(17-18)23(34)16-30-26-6-3-25(4-7-26,5-8-26)24(35)31-19-1-2-22(21(28)14-19)32-9-11-36-12-10-32/h1-2,14,18,20,30H,3-13,16-17H2,(H,31,35). The number of nitriles is 1. The van der Waals surface area contributed by atoms with Crippen LogP contribution in [0.25, 0.3) is 0 Å². The molecule has 8 nitrogen and oxygen atoms in total. The van der Waals surface area contributed by atoms with E-state index in [2.05, 4.69) is 10.6 Å². The number of hydrogen-bond donors (Lipinski definition) is 2. The molecule has 36 heavy (non-hydrogen) atoms. The second kappa shape index (κ2) is 9.94. The molecule has 6 rings (SSSR count). The maximum atomic E-state index is 14.8. The molecule has 2 aliphatic heterocycles. The van der Waals surface area contributed by atoms with Crippen molar-refractivity contribution in [1.82, 2.24) is 10.2 Å². The predicted octanol–water partition coefficient (Wildman–Crippen LogP) is 2.75. The number of amides is 2. The minimum Gasteiger partial charge on any atom is -0.378 e. The molecule has 0 aromatic heterocycles. The lowest BCUT2D eigenvalue weighted by Gasteiger charge is -2.52. The van der Waals surface area contributed by atoms with Gasteiger partial charge in [-0.2, -0.15) is 5.26 Å². The van der Waals surface area contributed by atoms with Crippen LogP contribution in [0.2, 0.25) is 0 Å². The molecular formula is C26H33F2N5O3. The molecule has 5 aliphatic rings. The Morgan fingerprint density at radius 3 is 2.47 bits per heavy atom. The number of morpholine rings is 1. The molecule has 3 aliphatic carbocycles. The number of carbonyl (C=O) groups excluding carboxylic acids is 2. The minimum atomic E-state index is -1.15. The van der Waals surface area contributed by atoms with Crippen molar-refractivity contribution in [2.75, 3.05) is 49.6 Å². The average Bonchev–Trinajstić information content (AvgIpc) is 3.30. The van der Waals surface area contributed by atoms with E-state index in [1.165, 1.54) is 11.0 Å². The molecule has 1 aromatic carbocycles. The van der Waals surface area contributed by atoms with E-state index in [1.54, 1.807) is 12.1 Å². The number of ether oxygens (including phenoxy) is 1. The second-order valence-electron chi connectivity index (χ2n) is 10.7. The molecule has 2 saturated heterocycles. The number of alkyl halides is 1. The van der Waals surface area contributed by atoms with Gasteiger partial charge in [-0.05, 0) is 56.7 Å². The number of hydrogen-bond acceptors (Lipinski definition) is 6. The Morgan fingerprint density at radius 1 is 1.14 bits per heavy atom. The fourth-order valence-electron chi connectivity index (χ4n) is 6.25. The van der Waals surface area contributed by atoms with Gasteiger partial charge in [0.25, 0.3) is 0 Å². The number of rotatable bonds is 6. The molecule has 2 N–H and O–H groups in total. The van der Waals surface area contributed by atoms with E-state index in [4.69, 9.17) is 4.74 Å². The summed E-state index contributed by atoms with van der Waals surface area (Å²) >= 11 is 0. The van der Waals surface area contributed by atoms with Crippen molar-refractivity contribution in [2.24, 2.45) is 5.41 Å². The Hall–Kier alpha value is -2.77. The van der Waals surface area contributed by atoms with Crippen molar-refractivity contribution in [2.45, 2.75) is 62.7 Å². The minimum absolute atomic E-state index is 0.0248. The molecule has 2 heterocycles. The highest BCUT2D eigenvalue weighted by Crippen LogP contribution is 2.52. The molecule has 194 valence electrons. The molecule has 10 heteroatoms. The highest BCUT2D eigenvalue weighted by atomic mass is 19.1. The lowest BCUT2D eigenvalue weighted by Crippen LogP contribution is -2.59. The summed E-state index contributed by atoms with van der Waals surface area (Å²) in [6, 6.07) is 6.17. The first kappa shape index (κ1) is 24.9. The molecule has 2 atom stereocenters. The van der Waals surface area contributed by atoms with Crippen LogP contribution in [0, 0.1) is 22.6 Å². The van der Waals surface area contributed by atoms with Crippen molar-refractivity contribution >= 4 is 23.2 Å². The maximum Gasteiger partial charge on any atom is 0.237 e. The summed E-state index contributed by atoms with van der Waals surface area (Å²) in [7, 11) is 0. The summed E-state index contributed by atoms with van der Waals surface area (Å²) in [5.74, 6) is -0.685. The van der Waals surface area contributed by atoms with Crippen LogP contribution < -0.4 is 15.5 Å². The zero-order chi connectivity index (χ0) is 25.3. The van der Waals surface area contributed by atoms with Crippen LogP contribution in [-0.2, 0) is 14.3 Å². The summed E-state index contributed by atoms with van der Waals surface area (Å²) in [6.45, 7) is 2.46. The van der Waals surface area contributed by atoms with E-state index in [0.717, 1.165) is 19.3 Å². The SMILES string of the molecule is N#CC1CC(F)CN1C(=O)CNC12CCC(C(=O)Nc3ccc(N4CCOCC4)c(F)c3)(CC1)CC2. The van der Waals surface area contributed by atoms with Crippen molar-refractivity contribution in [3.63, 3.8) is 0 Å². The van der Waals surface area contributed by atoms with Gasteiger partial charge in [-0.25, -0.2) is 8.78 Å². The normalized spacial score (nSPS) is 31.8.